The first-order valence-electron chi connectivity index (χ1n) is 5.81. The van der Waals surface area contributed by atoms with Gasteiger partial charge in [-0.25, -0.2) is 0 Å². The SMILES string of the molecule is COc1ccccc1N(C)c1cccnc1C(=N)N. The maximum Gasteiger partial charge on any atom is 0.143 e. The molecule has 5 heteroatoms. The molecule has 19 heavy (non-hydrogen) atoms. The summed E-state index contributed by atoms with van der Waals surface area (Å²) < 4.78 is 5.34. The monoisotopic (exact) mass is 256 g/mol. The first-order chi connectivity index (χ1) is 9.15. The number of anilines is 2. The van der Waals surface area contributed by atoms with Crippen LogP contribution in [0.1, 0.15) is 5.69 Å². The molecular weight excluding hydrogens is 240 g/mol. The van der Waals surface area contributed by atoms with Crippen molar-refractivity contribution in [2.24, 2.45) is 5.73 Å². The summed E-state index contributed by atoms with van der Waals surface area (Å²) in [5, 5.41) is 7.59. The Labute approximate surface area is 112 Å². The van der Waals surface area contributed by atoms with Crippen LogP contribution in [0.15, 0.2) is 42.6 Å². The largest absolute Gasteiger partial charge is 0.495 e. The number of benzene rings is 1. The predicted molar refractivity (Wildman–Crippen MR) is 76.3 cm³/mol. The number of nitrogens with zero attached hydrogens (tertiary/aromatic N) is 2. The van der Waals surface area contributed by atoms with E-state index in [1.54, 1.807) is 13.3 Å². The predicted octanol–water partition coefficient (Wildman–Crippen LogP) is 2.14. The number of hydrogen-bond acceptors (Lipinski definition) is 4. The number of ether oxygens (including phenoxy) is 1. The van der Waals surface area contributed by atoms with Gasteiger partial charge in [0.1, 0.15) is 17.3 Å². The standard InChI is InChI=1S/C14H16N4O/c1-18(10-6-3-4-8-12(10)19-2)11-7-5-9-17-13(11)14(15)16/h3-9H,1-2H3,(H3,15,16). The van der Waals surface area contributed by atoms with E-state index in [0.29, 0.717) is 5.69 Å². The number of rotatable bonds is 4. The molecule has 1 heterocycles. The minimum atomic E-state index is -0.0580. The summed E-state index contributed by atoms with van der Waals surface area (Å²) in [6.45, 7) is 0. The lowest BCUT2D eigenvalue weighted by Crippen LogP contribution is -2.20. The van der Waals surface area contributed by atoms with Crippen molar-refractivity contribution < 1.29 is 4.74 Å². The van der Waals surface area contributed by atoms with Crippen LogP contribution >= 0.6 is 0 Å². The maximum absolute atomic E-state index is 7.59. The van der Waals surface area contributed by atoms with Gasteiger partial charge in [0.15, 0.2) is 0 Å². The Kier molecular flexibility index (Phi) is 3.66. The van der Waals surface area contributed by atoms with Gasteiger partial charge in [-0.05, 0) is 24.3 Å². The lowest BCUT2D eigenvalue weighted by atomic mass is 10.2. The second-order valence-electron chi connectivity index (χ2n) is 4.02. The molecule has 5 nitrogen and oxygen atoms in total. The van der Waals surface area contributed by atoms with Gasteiger partial charge < -0.3 is 15.4 Å². The molecule has 0 unspecified atom stereocenters. The highest BCUT2D eigenvalue weighted by Gasteiger charge is 2.14. The number of hydrogen-bond donors (Lipinski definition) is 2. The minimum Gasteiger partial charge on any atom is -0.495 e. The van der Waals surface area contributed by atoms with Crippen LogP contribution in [0.4, 0.5) is 11.4 Å². The average Bonchev–Trinajstić information content (AvgIpc) is 2.46. The van der Waals surface area contributed by atoms with E-state index in [-0.39, 0.29) is 5.84 Å². The second kappa shape index (κ2) is 5.39. The van der Waals surface area contributed by atoms with Crippen LogP contribution in [0.2, 0.25) is 0 Å². The van der Waals surface area contributed by atoms with Crippen molar-refractivity contribution in [3.8, 4) is 5.75 Å². The van der Waals surface area contributed by atoms with Crippen LogP contribution in [0.25, 0.3) is 0 Å². The van der Waals surface area contributed by atoms with Crippen molar-refractivity contribution >= 4 is 17.2 Å². The third-order valence-electron chi connectivity index (χ3n) is 2.85. The number of aromatic nitrogens is 1. The molecular formula is C14H16N4O. The average molecular weight is 256 g/mol. The summed E-state index contributed by atoms with van der Waals surface area (Å²) in [4.78, 5) is 6.05. The normalized spacial score (nSPS) is 10.0. The third-order valence-corrected chi connectivity index (χ3v) is 2.85. The summed E-state index contributed by atoms with van der Waals surface area (Å²) in [6.07, 6.45) is 1.62. The summed E-state index contributed by atoms with van der Waals surface area (Å²) >= 11 is 0. The van der Waals surface area contributed by atoms with Crippen molar-refractivity contribution in [3.05, 3.63) is 48.3 Å². The highest BCUT2D eigenvalue weighted by Crippen LogP contribution is 2.32. The summed E-state index contributed by atoms with van der Waals surface area (Å²) in [6, 6.07) is 11.3. The van der Waals surface area contributed by atoms with Crippen molar-refractivity contribution in [1.82, 2.24) is 4.98 Å². The molecule has 0 aliphatic rings. The number of nitrogens with two attached hydrogens (primary N) is 1. The van der Waals surface area contributed by atoms with E-state index >= 15 is 0 Å². The Morgan fingerprint density at radius 2 is 1.89 bits per heavy atom. The topological polar surface area (TPSA) is 75.2 Å². The summed E-state index contributed by atoms with van der Waals surface area (Å²) in [7, 11) is 3.52. The van der Waals surface area contributed by atoms with Gasteiger partial charge in [0.05, 0.1) is 18.5 Å². The van der Waals surface area contributed by atoms with Crippen molar-refractivity contribution in [3.63, 3.8) is 0 Å². The Morgan fingerprint density at radius 3 is 2.58 bits per heavy atom. The molecule has 98 valence electrons. The van der Waals surface area contributed by atoms with Gasteiger partial charge in [-0.2, -0.15) is 0 Å². The maximum atomic E-state index is 7.59. The molecule has 1 aromatic carbocycles. The van der Waals surface area contributed by atoms with Gasteiger partial charge in [0, 0.05) is 13.2 Å². The summed E-state index contributed by atoms with van der Waals surface area (Å²) in [5.41, 5.74) is 7.67. The molecule has 0 saturated heterocycles. The molecule has 0 atom stereocenters. The number of para-hydroxylation sites is 2. The van der Waals surface area contributed by atoms with E-state index in [1.165, 1.54) is 0 Å². The Morgan fingerprint density at radius 1 is 1.21 bits per heavy atom. The second-order valence-corrected chi connectivity index (χ2v) is 4.02. The van der Waals surface area contributed by atoms with E-state index in [9.17, 15) is 0 Å². The fraction of sp³-hybridized carbons (Fsp3) is 0.143. The first-order valence-corrected chi connectivity index (χ1v) is 5.81. The fourth-order valence-corrected chi connectivity index (χ4v) is 1.91. The summed E-state index contributed by atoms with van der Waals surface area (Å²) in [5.74, 6) is 0.695. The number of nitrogen functional groups attached to an aromatic ring is 1. The lowest BCUT2D eigenvalue weighted by molar-refractivity contribution is 0.415. The van der Waals surface area contributed by atoms with Gasteiger partial charge in [-0.3, -0.25) is 10.4 Å². The van der Waals surface area contributed by atoms with E-state index in [4.69, 9.17) is 15.9 Å². The third kappa shape index (κ3) is 2.49. The van der Waals surface area contributed by atoms with Crippen LogP contribution in [-0.2, 0) is 0 Å². The van der Waals surface area contributed by atoms with E-state index in [1.807, 2.05) is 48.3 Å². The zero-order valence-electron chi connectivity index (χ0n) is 10.9. The lowest BCUT2D eigenvalue weighted by Gasteiger charge is -2.23. The van der Waals surface area contributed by atoms with E-state index < -0.39 is 0 Å². The highest BCUT2D eigenvalue weighted by atomic mass is 16.5. The van der Waals surface area contributed by atoms with Gasteiger partial charge in [0.25, 0.3) is 0 Å². The molecule has 3 N–H and O–H groups in total. The molecule has 2 aromatic rings. The smallest absolute Gasteiger partial charge is 0.143 e. The van der Waals surface area contributed by atoms with E-state index in [2.05, 4.69) is 4.98 Å². The van der Waals surface area contributed by atoms with E-state index in [0.717, 1.165) is 17.1 Å². The van der Waals surface area contributed by atoms with Gasteiger partial charge in [-0.1, -0.05) is 12.1 Å². The van der Waals surface area contributed by atoms with Gasteiger partial charge in [0.2, 0.25) is 0 Å². The molecule has 0 radical (unpaired) electrons. The zero-order valence-corrected chi connectivity index (χ0v) is 10.9. The van der Waals surface area contributed by atoms with Crippen molar-refractivity contribution in [2.75, 3.05) is 19.1 Å². The van der Waals surface area contributed by atoms with Gasteiger partial charge >= 0.3 is 0 Å². The van der Waals surface area contributed by atoms with Crippen molar-refractivity contribution in [1.29, 1.82) is 5.41 Å². The Bertz CT molecular complexity index is 598. The van der Waals surface area contributed by atoms with Crippen molar-refractivity contribution in [2.45, 2.75) is 0 Å². The molecule has 0 spiro atoms. The fourth-order valence-electron chi connectivity index (χ4n) is 1.91. The van der Waals surface area contributed by atoms with Crippen LogP contribution in [0.3, 0.4) is 0 Å². The molecule has 2 rings (SSSR count). The molecule has 0 saturated carbocycles. The molecule has 0 aliphatic heterocycles. The molecule has 0 fully saturated rings. The van der Waals surface area contributed by atoms with Crippen LogP contribution < -0.4 is 15.4 Å². The first kappa shape index (κ1) is 12.9. The molecule has 0 bridgehead atoms. The molecule has 1 aromatic heterocycles. The minimum absolute atomic E-state index is 0.0580. The number of methoxy groups -OCH3 is 1. The number of nitrogens with one attached hydrogen (secondary N) is 1. The van der Waals surface area contributed by atoms with Gasteiger partial charge in [-0.15, -0.1) is 0 Å². The number of pyridine rings is 1. The Balaban J connectivity index is 2.50. The quantitative estimate of drug-likeness (QED) is 0.649. The Hall–Kier alpha value is -2.56. The molecule has 0 amide bonds. The highest BCUT2D eigenvalue weighted by molar-refractivity contribution is 5.99. The zero-order chi connectivity index (χ0) is 13.8. The molecule has 0 aliphatic carbocycles. The van der Waals surface area contributed by atoms with Crippen LogP contribution in [0, 0.1) is 5.41 Å². The van der Waals surface area contributed by atoms with Crippen LogP contribution in [0.5, 0.6) is 5.75 Å². The number of amidine groups is 1. The van der Waals surface area contributed by atoms with Crippen LogP contribution in [-0.4, -0.2) is 25.0 Å².